The zero-order chi connectivity index (χ0) is 20.1. The van der Waals surface area contributed by atoms with E-state index in [0.29, 0.717) is 22.5 Å². The second-order valence-corrected chi connectivity index (χ2v) is 6.86. The molecular weight excluding hydrogens is 373 g/mol. The SMILES string of the molecule is Cc1nc2c3c(ccn2c1C)[C@@H](OCC(F)(F)F)[C@@H](O)[C@@H](c1ccccc1)O3. The van der Waals surface area contributed by atoms with Gasteiger partial charge in [0.25, 0.3) is 0 Å². The first kappa shape index (κ1) is 18.8. The van der Waals surface area contributed by atoms with E-state index in [9.17, 15) is 18.3 Å². The second-order valence-electron chi connectivity index (χ2n) is 6.86. The molecular formula is C20H19F3N2O3. The maximum absolute atomic E-state index is 12.8. The van der Waals surface area contributed by atoms with Crippen molar-refractivity contribution >= 4 is 5.65 Å². The molecule has 0 spiro atoms. The molecule has 0 unspecified atom stereocenters. The highest BCUT2D eigenvalue weighted by Crippen LogP contribution is 2.45. The van der Waals surface area contributed by atoms with Crippen LogP contribution in [0, 0.1) is 13.8 Å². The Labute approximate surface area is 159 Å². The number of nitrogens with zero attached hydrogens (tertiary/aromatic N) is 2. The molecule has 0 fully saturated rings. The Hall–Kier alpha value is -2.58. The Kier molecular flexibility index (Phi) is 4.55. The monoisotopic (exact) mass is 392 g/mol. The molecule has 5 nitrogen and oxygen atoms in total. The summed E-state index contributed by atoms with van der Waals surface area (Å²) in [6.45, 7) is 2.28. The minimum Gasteiger partial charge on any atom is -0.479 e. The molecule has 1 aliphatic rings. The summed E-state index contributed by atoms with van der Waals surface area (Å²) in [6, 6.07) is 10.5. The lowest BCUT2D eigenvalue weighted by atomic mass is 9.92. The summed E-state index contributed by atoms with van der Waals surface area (Å²) in [4.78, 5) is 4.50. The standard InChI is InChI=1S/C20H19F3N2O3/c1-11-12(2)25-9-8-14-17(27-10-20(21,22)23)15(26)16(13-6-4-3-5-7-13)28-18(14)19(25)24-11/h3-9,15-17,26H,10H2,1-2H3/t15-,16+,17+/m0/s1. The normalized spacial score (nSPS) is 22.1. The quantitative estimate of drug-likeness (QED) is 0.730. The first-order valence-electron chi connectivity index (χ1n) is 8.82. The van der Waals surface area contributed by atoms with Crippen LogP contribution in [0.3, 0.4) is 0 Å². The van der Waals surface area contributed by atoms with Crippen LogP contribution in [0.4, 0.5) is 13.2 Å². The maximum atomic E-state index is 12.8. The Morgan fingerprint density at radius 1 is 1.18 bits per heavy atom. The van der Waals surface area contributed by atoms with Crippen LogP contribution < -0.4 is 4.74 Å². The predicted molar refractivity (Wildman–Crippen MR) is 95.2 cm³/mol. The van der Waals surface area contributed by atoms with Gasteiger partial charge in [-0.2, -0.15) is 13.2 Å². The van der Waals surface area contributed by atoms with Crippen molar-refractivity contribution in [2.75, 3.05) is 6.61 Å². The molecule has 1 N–H and O–H groups in total. The van der Waals surface area contributed by atoms with Gasteiger partial charge in [-0.1, -0.05) is 30.3 Å². The highest BCUT2D eigenvalue weighted by molar-refractivity contribution is 5.62. The third kappa shape index (κ3) is 3.22. The van der Waals surface area contributed by atoms with Gasteiger partial charge in [0.05, 0.1) is 5.69 Å². The average Bonchev–Trinajstić information content (AvgIpc) is 2.95. The van der Waals surface area contributed by atoms with Gasteiger partial charge < -0.3 is 19.0 Å². The molecule has 3 aromatic rings. The number of ether oxygens (including phenoxy) is 2. The van der Waals surface area contributed by atoms with E-state index in [0.717, 1.165) is 11.4 Å². The van der Waals surface area contributed by atoms with Gasteiger partial charge in [-0.25, -0.2) is 4.98 Å². The van der Waals surface area contributed by atoms with E-state index in [1.165, 1.54) is 0 Å². The van der Waals surface area contributed by atoms with Gasteiger partial charge in [-0.3, -0.25) is 0 Å². The summed E-state index contributed by atoms with van der Waals surface area (Å²) in [5.74, 6) is 0.324. The summed E-state index contributed by atoms with van der Waals surface area (Å²) >= 11 is 0. The number of aliphatic hydroxyl groups excluding tert-OH is 1. The summed E-state index contributed by atoms with van der Waals surface area (Å²) in [7, 11) is 0. The van der Waals surface area contributed by atoms with Gasteiger partial charge in [-0.05, 0) is 25.5 Å². The Morgan fingerprint density at radius 2 is 1.89 bits per heavy atom. The van der Waals surface area contributed by atoms with Crippen molar-refractivity contribution in [3.8, 4) is 5.75 Å². The number of pyridine rings is 1. The fraction of sp³-hybridized carbons (Fsp3) is 0.350. The van der Waals surface area contributed by atoms with Crippen LogP contribution in [-0.2, 0) is 4.74 Å². The number of halogens is 3. The zero-order valence-electron chi connectivity index (χ0n) is 15.3. The second kappa shape index (κ2) is 6.79. The smallest absolute Gasteiger partial charge is 0.411 e. The Morgan fingerprint density at radius 3 is 2.57 bits per heavy atom. The lowest BCUT2D eigenvalue weighted by molar-refractivity contribution is -0.205. The summed E-state index contributed by atoms with van der Waals surface area (Å²) in [5.41, 5.74) is 3.16. The van der Waals surface area contributed by atoms with Crippen molar-refractivity contribution in [3.05, 3.63) is 65.1 Å². The number of rotatable bonds is 3. The topological polar surface area (TPSA) is 56.0 Å². The first-order chi connectivity index (χ1) is 13.3. The van der Waals surface area contributed by atoms with Crippen molar-refractivity contribution < 1.29 is 27.8 Å². The Balaban J connectivity index is 1.84. The van der Waals surface area contributed by atoms with Gasteiger partial charge >= 0.3 is 6.18 Å². The molecule has 0 radical (unpaired) electrons. The van der Waals surface area contributed by atoms with Crippen LogP contribution in [0.2, 0.25) is 0 Å². The molecule has 0 saturated carbocycles. The number of aliphatic hydroxyl groups is 1. The van der Waals surface area contributed by atoms with E-state index in [1.807, 2.05) is 24.3 Å². The lowest BCUT2D eigenvalue weighted by Gasteiger charge is -2.37. The molecule has 0 saturated heterocycles. The fourth-order valence-corrected chi connectivity index (χ4v) is 3.49. The molecule has 148 valence electrons. The molecule has 3 atom stereocenters. The van der Waals surface area contributed by atoms with Gasteiger partial charge in [0, 0.05) is 17.5 Å². The predicted octanol–water partition coefficient (Wildman–Crippen LogP) is 4.07. The highest BCUT2D eigenvalue weighted by Gasteiger charge is 2.42. The first-order valence-corrected chi connectivity index (χ1v) is 8.82. The molecule has 4 rings (SSSR count). The third-order valence-corrected chi connectivity index (χ3v) is 4.98. The van der Waals surface area contributed by atoms with Crippen molar-refractivity contribution in [2.45, 2.75) is 38.3 Å². The highest BCUT2D eigenvalue weighted by atomic mass is 19.4. The fourth-order valence-electron chi connectivity index (χ4n) is 3.49. The van der Waals surface area contributed by atoms with Crippen LogP contribution >= 0.6 is 0 Å². The number of aromatic nitrogens is 2. The Bertz CT molecular complexity index is 1000. The van der Waals surface area contributed by atoms with E-state index >= 15 is 0 Å². The summed E-state index contributed by atoms with van der Waals surface area (Å²) in [5, 5.41) is 10.8. The number of hydrogen-bond acceptors (Lipinski definition) is 4. The van der Waals surface area contributed by atoms with Gasteiger partial charge in [0.15, 0.2) is 17.5 Å². The van der Waals surface area contributed by atoms with Crippen molar-refractivity contribution in [1.82, 2.24) is 9.38 Å². The maximum Gasteiger partial charge on any atom is 0.411 e. The number of aryl methyl sites for hydroxylation is 2. The van der Waals surface area contributed by atoms with E-state index in [1.54, 1.807) is 36.5 Å². The molecule has 2 aromatic heterocycles. The minimum absolute atomic E-state index is 0.324. The molecule has 0 bridgehead atoms. The van der Waals surface area contributed by atoms with E-state index in [4.69, 9.17) is 9.47 Å². The number of fused-ring (bicyclic) bond motifs is 3. The number of alkyl halides is 3. The number of benzene rings is 1. The van der Waals surface area contributed by atoms with Crippen LogP contribution in [-0.4, -0.2) is 33.4 Å². The van der Waals surface area contributed by atoms with Crippen LogP contribution in [0.5, 0.6) is 5.75 Å². The van der Waals surface area contributed by atoms with Crippen molar-refractivity contribution in [2.24, 2.45) is 0 Å². The van der Waals surface area contributed by atoms with Gasteiger partial charge in [0.2, 0.25) is 0 Å². The van der Waals surface area contributed by atoms with Crippen molar-refractivity contribution in [1.29, 1.82) is 0 Å². The molecule has 28 heavy (non-hydrogen) atoms. The van der Waals surface area contributed by atoms with E-state index in [-0.39, 0.29) is 0 Å². The molecule has 1 aliphatic heterocycles. The molecule has 1 aromatic carbocycles. The van der Waals surface area contributed by atoms with Crippen LogP contribution in [0.15, 0.2) is 42.6 Å². The number of imidazole rings is 1. The average molecular weight is 392 g/mol. The molecule has 8 heteroatoms. The number of hydrogen-bond donors (Lipinski definition) is 1. The van der Waals surface area contributed by atoms with Crippen LogP contribution in [0.1, 0.15) is 34.7 Å². The van der Waals surface area contributed by atoms with E-state index < -0.39 is 31.1 Å². The largest absolute Gasteiger partial charge is 0.479 e. The molecule has 3 heterocycles. The summed E-state index contributed by atoms with van der Waals surface area (Å²) in [6.07, 6.45) is -6.19. The zero-order valence-corrected chi connectivity index (χ0v) is 15.3. The summed E-state index contributed by atoms with van der Waals surface area (Å²) < 4.78 is 51.4. The minimum atomic E-state index is -4.51. The molecule has 0 amide bonds. The van der Waals surface area contributed by atoms with Gasteiger partial charge in [-0.15, -0.1) is 0 Å². The van der Waals surface area contributed by atoms with E-state index in [2.05, 4.69) is 4.98 Å². The molecule has 0 aliphatic carbocycles. The van der Waals surface area contributed by atoms with Crippen molar-refractivity contribution in [3.63, 3.8) is 0 Å². The third-order valence-electron chi connectivity index (χ3n) is 4.98. The lowest BCUT2D eigenvalue weighted by Crippen LogP contribution is -2.37. The van der Waals surface area contributed by atoms with Gasteiger partial charge in [0.1, 0.15) is 18.8 Å². The van der Waals surface area contributed by atoms with Crippen LogP contribution in [0.25, 0.3) is 5.65 Å².